The zero-order chi connectivity index (χ0) is 12.5. The maximum absolute atomic E-state index is 9.78. The lowest BCUT2D eigenvalue weighted by Gasteiger charge is -2.30. The molecule has 1 unspecified atom stereocenters. The second-order valence-corrected chi connectivity index (χ2v) is 5.44. The van der Waals surface area contributed by atoms with Crippen LogP contribution in [0.4, 0.5) is 0 Å². The van der Waals surface area contributed by atoms with Gasteiger partial charge in [-0.25, -0.2) is 0 Å². The first-order valence-electron chi connectivity index (χ1n) is 6.23. The number of aromatic hydroxyl groups is 1. The summed E-state index contributed by atoms with van der Waals surface area (Å²) in [6.07, 6.45) is 2.67. The van der Waals surface area contributed by atoms with Crippen molar-refractivity contribution in [2.75, 3.05) is 6.61 Å². The first-order chi connectivity index (χ1) is 8.03. The van der Waals surface area contributed by atoms with Crippen molar-refractivity contribution in [2.24, 2.45) is 0 Å². The van der Waals surface area contributed by atoms with E-state index in [0.717, 1.165) is 24.8 Å². The van der Waals surface area contributed by atoms with Crippen molar-refractivity contribution in [3.8, 4) is 5.75 Å². The van der Waals surface area contributed by atoms with Gasteiger partial charge in [0.15, 0.2) is 0 Å². The summed E-state index contributed by atoms with van der Waals surface area (Å²) in [5, 5.41) is 22.4. The zero-order valence-electron chi connectivity index (χ0n) is 10.5. The SMILES string of the molecule is CC(C)(CCO)NC1CCc2c(O)cccc21. The number of fused-ring (bicyclic) bond motifs is 1. The zero-order valence-corrected chi connectivity index (χ0v) is 10.5. The summed E-state index contributed by atoms with van der Waals surface area (Å²) in [5.41, 5.74) is 2.20. The Hall–Kier alpha value is -1.06. The van der Waals surface area contributed by atoms with Crippen LogP contribution >= 0.6 is 0 Å². The molecule has 1 aliphatic rings. The van der Waals surface area contributed by atoms with Crippen LogP contribution in [0.2, 0.25) is 0 Å². The molecule has 3 nitrogen and oxygen atoms in total. The van der Waals surface area contributed by atoms with Gasteiger partial charge in [0, 0.05) is 18.2 Å². The van der Waals surface area contributed by atoms with Crippen molar-refractivity contribution in [3.63, 3.8) is 0 Å². The molecule has 0 radical (unpaired) electrons. The first-order valence-corrected chi connectivity index (χ1v) is 6.23. The number of rotatable bonds is 4. The Morgan fingerprint density at radius 2 is 2.18 bits per heavy atom. The molecule has 0 aliphatic heterocycles. The molecule has 0 aromatic heterocycles. The van der Waals surface area contributed by atoms with Crippen LogP contribution in [-0.2, 0) is 6.42 Å². The number of hydrogen-bond donors (Lipinski definition) is 3. The van der Waals surface area contributed by atoms with Crippen LogP contribution in [0.25, 0.3) is 0 Å². The van der Waals surface area contributed by atoms with Crippen LogP contribution < -0.4 is 5.32 Å². The molecule has 3 heteroatoms. The van der Waals surface area contributed by atoms with Crippen LogP contribution in [0.3, 0.4) is 0 Å². The summed E-state index contributed by atoms with van der Waals surface area (Å²) >= 11 is 0. The summed E-state index contributed by atoms with van der Waals surface area (Å²) in [5.74, 6) is 0.409. The van der Waals surface area contributed by atoms with E-state index in [0.29, 0.717) is 11.8 Å². The van der Waals surface area contributed by atoms with Crippen molar-refractivity contribution in [1.29, 1.82) is 0 Å². The van der Waals surface area contributed by atoms with Crippen molar-refractivity contribution in [3.05, 3.63) is 29.3 Å². The van der Waals surface area contributed by atoms with Gasteiger partial charge in [-0.15, -0.1) is 0 Å². The smallest absolute Gasteiger partial charge is 0.119 e. The summed E-state index contributed by atoms with van der Waals surface area (Å²) in [6, 6.07) is 6.01. The third-order valence-electron chi connectivity index (χ3n) is 3.55. The van der Waals surface area contributed by atoms with Gasteiger partial charge in [0.2, 0.25) is 0 Å². The monoisotopic (exact) mass is 235 g/mol. The highest BCUT2D eigenvalue weighted by Gasteiger charge is 2.29. The molecular formula is C14H21NO2. The number of aliphatic hydroxyl groups is 1. The van der Waals surface area contributed by atoms with Gasteiger partial charge < -0.3 is 15.5 Å². The molecule has 1 aliphatic carbocycles. The molecule has 0 spiro atoms. The highest BCUT2D eigenvalue weighted by molar-refractivity contribution is 5.44. The van der Waals surface area contributed by atoms with E-state index >= 15 is 0 Å². The van der Waals surface area contributed by atoms with E-state index in [4.69, 9.17) is 5.11 Å². The van der Waals surface area contributed by atoms with E-state index < -0.39 is 0 Å². The van der Waals surface area contributed by atoms with Gasteiger partial charge in [-0.2, -0.15) is 0 Å². The van der Waals surface area contributed by atoms with E-state index in [2.05, 4.69) is 25.2 Å². The Balaban J connectivity index is 2.15. The highest BCUT2D eigenvalue weighted by Crippen LogP contribution is 2.37. The number of hydrogen-bond acceptors (Lipinski definition) is 3. The van der Waals surface area contributed by atoms with Crippen LogP contribution in [0.5, 0.6) is 5.75 Å². The topological polar surface area (TPSA) is 52.5 Å². The van der Waals surface area contributed by atoms with Gasteiger partial charge in [-0.1, -0.05) is 12.1 Å². The Morgan fingerprint density at radius 1 is 1.41 bits per heavy atom. The summed E-state index contributed by atoms with van der Waals surface area (Å²) in [4.78, 5) is 0. The lowest BCUT2D eigenvalue weighted by molar-refractivity contribution is 0.218. The molecule has 0 fully saturated rings. The maximum Gasteiger partial charge on any atom is 0.119 e. The molecule has 1 aromatic rings. The average Bonchev–Trinajstić information content (AvgIpc) is 2.62. The van der Waals surface area contributed by atoms with Crippen molar-refractivity contribution in [2.45, 2.75) is 44.7 Å². The fourth-order valence-corrected chi connectivity index (χ4v) is 2.61. The van der Waals surface area contributed by atoms with Gasteiger partial charge in [-0.3, -0.25) is 0 Å². The lowest BCUT2D eigenvalue weighted by Crippen LogP contribution is -2.41. The van der Waals surface area contributed by atoms with E-state index in [9.17, 15) is 5.11 Å². The number of aliphatic hydroxyl groups excluding tert-OH is 1. The number of nitrogens with one attached hydrogen (secondary N) is 1. The van der Waals surface area contributed by atoms with Gasteiger partial charge in [0.1, 0.15) is 5.75 Å². The van der Waals surface area contributed by atoms with Gasteiger partial charge in [0.05, 0.1) is 0 Å². The van der Waals surface area contributed by atoms with Crippen molar-refractivity contribution < 1.29 is 10.2 Å². The fourth-order valence-electron chi connectivity index (χ4n) is 2.61. The average molecular weight is 235 g/mol. The van der Waals surface area contributed by atoms with E-state index in [1.54, 1.807) is 6.07 Å². The fraction of sp³-hybridized carbons (Fsp3) is 0.571. The second-order valence-electron chi connectivity index (χ2n) is 5.44. The molecule has 94 valence electrons. The molecule has 0 amide bonds. The molecule has 2 rings (SSSR count). The minimum Gasteiger partial charge on any atom is -0.508 e. The Morgan fingerprint density at radius 3 is 2.88 bits per heavy atom. The molecule has 3 N–H and O–H groups in total. The standard InChI is InChI=1S/C14H21NO2/c1-14(2,8-9-16)15-12-7-6-11-10(12)4-3-5-13(11)17/h3-5,12,15-17H,6-9H2,1-2H3. The minimum atomic E-state index is -0.0769. The lowest BCUT2D eigenvalue weighted by atomic mass is 9.98. The minimum absolute atomic E-state index is 0.0769. The van der Waals surface area contributed by atoms with Gasteiger partial charge >= 0.3 is 0 Å². The van der Waals surface area contributed by atoms with Crippen molar-refractivity contribution >= 4 is 0 Å². The molecule has 0 bridgehead atoms. The largest absolute Gasteiger partial charge is 0.508 e. The van der Waals surface area contributed by atoms with Crippen LogP contribution in [0.1, 0.15) is 43.9 Å². The third kappa shape index (κ3) is 2.61. The number of phenols is 1. The van der Waals surface area contributed by atoms with Gasteiger partial charge in [0.25, 0.3) is 0 Å². The highest BCUT2D eigenvalue weighted by atomic mass is 16.3. The first kappa shape index (κ1) is 12.4. The molecule has 0 saturated heterocycles. The molecular weight excluding hydrogens is 214 g/mol. The van der Waals surface area contributed by atoms with E-state index in [1.807, 2.05) is 6.07 Å². The summed E-state index contributed by atoms with van der Waals surface area (Å²) in [7, 11) is 0. The number of phenolic OH excluding ortho intramolecular Hbond substituents is 1. The third-order valence-corrected chi connectivity index (χ3v) is 3.55. The van der Waals surface area contributed by atoms with Crippen LogP contribution in [0, 0.1) is 0 Å². The molecule has 0 heterocycles. The second kappa shape index (κ2) is 4.67. The molecule has 17 heavy (non-hydrogen) atoms. The van der Waals surface area contributed by atoms with Gasteiger partial charge in [-0.05, 0) is 50.3 Å². The summed E-state index contributed by atoms with van der Waals surface area (Å²) in [6.45, 7) is 4.40. The normalized spacial score (nSPS) is 19.4. The van der Waals surface area contributed by atoms with E-state index in [1.165, 1.54) is 5.56 Å². The molecule has 0 saturated carbocycles. The Bertz CT molecular complexity index is 401. The van der Waals surface area contributed by atoms with Crippen LogP contribution in [0.15, 0.2) is 18.2 Å². The maximum atomic E-state index is 9.78. The predicted octanol–water partition coefficient (Wildman–Crippen LogP) is 2.13. The number of benzene rings is 1. The molecule has 1 aromatic carbocycles. The van der Waals surface area contributed by atoms with Crippen molar-refractivity contribution in [1.82, 2.24) is 5.32 Å². The van der Waals surface area contributed by atoms with Crippen LogP contribution in [-0.4, -0.2) is 22.4 Å². The Labute approximate surface area is 102 Å². The van der Waals surface area contributed by atoms with E-state index in [-0.39, 0.29) is 12.1 Å². The summed E-state index contributed by atoms with van der Waals surface area (Å²) < 4.78 is 0. The predicted molar refractivity (Wildman–Crippen MR) is 68.1 cm³/mol. The molecule has 1 atom stereocenters. The quantitative estimate of drug-likeness (QED) is 0.749. The Kier molecular flexibility index (Phi) is 3.40.